The number of aryl methyl sites for hydroxylation is 1. The number of pyridine rings is 2. The normalized spacial score (nSPS) is 16.4. The van der Waals surface area contributed by atoms with E-state index in [0.29, 0.717) is 28.1 Å². The molecule has 0 radical (unpaired) electrons. The highest BCUT2D eigenvalue weighted by Crippen LogP contribution is 2.55. The van der Waals surface area contributed by atoms with Crippen LogP contribution >= 0.6 is 11.3 Å². The van der Waals surface area contributed by atoms with Gasteiger partial charge in [0.05, 0.1) is 11.1 Å². The van der Waals surface area contributed by atoms with Gasteiger partial charge < -0.3 is 15.4 Å². The van der Waals surface area contributed by atoms with Crippen LogP contribution in [0.5, 0.6) is 11.8 Å². The molecule has 0 spiro atoms. The van der Waals surface area contributed by atoms with Crippen molar-refractivity contribution in [2.75, 3.05) is 5.32 Å². The molecule has 1 aliphatic heterocycles. The molecule has 0 saturated heterocycles. The zero-order valence-electron chi connectivity index (χ0n) is 23.6. The van der Waals surface area contributed by atoms with Gasteiger partial charge in [0.25, 0.3) is 5.91 Å². The molecule has 5 rings (SSSR count). The van der Waals surface area contributed by atoms with Gasteiger partial charge in [0.1, 0.15) is 5.51 Å². The van der Waals surface area contributed by atoms with Crippen molar-refractivity contribution in [2.24, 2.45) is 5.41 Å². The first-order valence-electron chi connectivity index (χ1n) is 13.0. The number of carbonyl (C=O) groups is 2. The second-order valence-corrected chi connectivity index (χ2v) is 12.5. The maximum atomic E-state index is 13.7. The van der Waals surface area contributed by atoms with E-state index in [4.69, 9.17) is 9.72 Å². The summed E-state index contributed by atoms with van der Waals surface area (Å²) in [5, 5.41) is 14.1. The van der Waals surface area contributed by atoms with Gasteiger partial charge in [-0.1, -0.05) is 35.6 Å². The van der Waals surface area contributed by atoms with Crippen molar-refractivity contribution in [1.82, 2.24) is 25.5 Å². The van der Waals surface area contributed by atoms with E-state index < -0.39 is 10.8 Å². The van der Waals surface area contributed by atoms with E-state index in [2.05, 4.69) is 25.8 Å². The Balaban J connectivity index is 1.55. The van der Waals surface area contributed by atoms with E-state index in [1.54, 1.807) is 17.6 Å². The number of nitrogens with one attached hydrogen (secondary N) is 2. The number of aromatic nitrogens is 4. The Labute approximate surface area is 237 Å². The van der Waals surface area contributed by atoms with Crippen LogP contribution in [0.1, 0.15) is 68.7 Å². The fraction of sp³-hybridized carbons (Fsp3) is 0.333. The summed E-state index contributed by atoms with van der Waals surface area (Å²) in [6.07, 6.45) is 0. The molecule has 1 aromatic carbocycles. The van der Waals surface area contributed by atoms with Gasteiger partial charge in [-0.05, 0) is 72.7 Å². The van der Waals surface area contributed by atoms with E-state index in [1.807, 2.05) is 84.9 Å². The highest BCUT2D eigenvalue weighted by molar-refractivity contribution is 7.13. The molecule has 10 heteroatoms. The molecule has 0 saturated carbocycles. The molecule has 9 nitrogen and oxygen atoms in total. The molecule has 0 fully saturated rings. The molecule has 2 N–H and O–H groups in total. The molecule has 0 aliphatic carbocycles. The summed E-state index contributed by atoms with van der Waals surface area (Å²) in [5.74, 6) is 0.463. The Morgan fingerprint density at radius 2 is 1.55 bits per heavy atom. The lowest BCUT2D eigenvalue weighted by atomic mass is 9.58. The molecular formula is C30H32N6O3S. The summed E-state index contributed by atoms with van der Waals surface area (Å²) in [7, 11) is 0. The van der Waals surface area contributed by atoms with E-state index in [0.717, 1.165) is 22.4 Å². The number of benzene rings is 1. The van der Waals surface area contributed by atoms with Crippen LogP contribution in [0.4, 0.5) is 5.13 Å². The number of amides is 2. The summed E-state index contributed by atoms with van der Waals surface area (Å²) in [5.41, 5.74) is 3.88. The number of ether oxygens (including phenoxy) is 1. The summed E-state index contributed by atoms with van der Waals surface area (Å²) in [4.78, 5) is 35.8. The predicted octanol–water partition coefficient (Wildman–Crippen LogP) is 5.91. The van der Waals surface area contributed by atoms with Crippen molar-refractivity contribution in [1.29, 1.82) is 0 Å². The number of carbonyl (C=O) groups excluding carboxylic acids is 2. The summed E-state index contributed by atoms with van der Waals surface area (Å²) < 4.78 is 6.28. The lowest BCUT2D eigenvalue weighted by Gasteiger charge is -2.46. The lowest BCUT2D eigenvalue weighted by Crippen LogP contribution is -2.50. The van der Waals surface area contributed by atoms with Crippen molar-refractivity contribution in [3.63, 3.8) is 0 Å². The first kappa shape index (κ1) is 27.4. The fourth-order valence-corrected chi connectivity index (χ4v) is 5.31. The number of rotatable bonds is 5. The largest absolute Gasteiger partial charge is 0.420 e. The Hall–Kier alpha value is -4.18. The van der Waals surface area contributed by atoms with Crippen molar-refractivity contribution in [3.8, 4) is 23.0 Å². The van der Waals surface area contributed by atoms with Crippen LogP contribution in [-0.4, -0.2) is 37.5 Å². The molecule has 206 valence electrons. The van der Waals surface area contributed by atoms with Crippen molar-refractivity contribution in [2.45, 2.75) is 59.4 Å². The summed E-state index contributed by atoms with van der Waals surface area (Å²) in [6.45, 7) is 13.5. The van der Waals surface area contributed by atoms with E-state index in [-0.39, 0.29) is 17.4 Å². The van der Waals surface area contributed by atoms with Crippen LogP contribution in [0.15, 0.2) is 54.0 Å². The maximum absolute atomic E-state index is 13.7. The molecule has 1 aliphatic rings. The van der Waals surface area contributed by atoms with Crippen LogP contribution in [-0.2, 0) is 10.2 Å². The fourth-order valence-electron chi connectivity index (χ4n) is 4.87. The minimum Gasteiger partial charge on any atom is -0.420 e. The van der Waals surface area contributed by atoms with E-state index in [1.165, 1.54) is 11.3 Å². The summed E-state index contributed by atoms with van der Waals surface area (Å²) >= 11 is 1.26. The Morgan fingerprint density at radius 3 is 2.17 bits per heavy atom. The first-order chi connectivity index (χ1) is 18.8. The van der Waals surface area contributed by atoms with Gasteiger partial charge in [0.15, 0.2) is 0 Å². The van der Waals surface area contributed by atoms with Gasteiger partial charge in [0, 0.05) is 38.9 Å². The molecule has 40 heavy (non-hydrogen) atoms. The Morgan fingerprint density at radius 1 is 0.900 bits per heavy atom. The number of hydrogen-bond acceptors (Lipinski definition) is 8. The third kappa shape index (κ3) is 4.83. The SMILES string of the molecule is Cc1ccc2c(n1)Oc1nc(-c3ccc(C(=O)NC(C)(C)C)cc3)ccc1C2(C)C(C)(C)C(=O)Nc1nncs1. The average molecular weight is 557 g/mol. The van der Waals surface area contributed by atoms with E-state index in [9.17, 15) is 9.59 Å². The minimum absolute atomic E-state index is 0.136. The first-order valence-corrected chi connectivity index (χ1v) is 13.9. The molecule has 2 amide bonds. The van der Waals surface area contributed by atoms with E-state index >= 15 is 0 Å². The molecule has 1 unspecified atom stereocenters. The van der Waals surface area contributed by atoms with Crippen molar-refractivity contribution >= 4 is 28.3 Å². The van der Waals surface area contributed by atoms with Gasteiger partial charge in [-0.15, -0.1) is 10.2 Å². The van der Waals surface area contributed by atoms with Crippen LogP contribution in [0.25, 0.3) is 11.3 Å². The third-order valence-corrected chi connectivity index (χ3v) is 8.07. The van der Waals surface area contributed by atoms with Gasteiger partial charge in [-0.2, -0.15) is 0 Å². The van der Waals surface area contributed by atoms with Gasteiger partial charge in [-0.3, -0.25) is 9.59 Å². The summed E-state index contributed by atoms with van der Waals surface area (Å²) in [6, 6.07) is 15.1. The average Bonchev–Trinajstić information content (AvgIpc) is 3.40. The monoisotopic (exact) mass is 556 g/mol. The molecule has 4 heterocycles. The topological polar surface area (TPSA) is 119 Å². The second kappa shape index (κ2) is 9.78. The van der Waals surface area contributed by atoms with Crippen LogP contribution < -0.4 is 15.4 Å². The zero-order valence-corrected chi connectivity index (χ0v) is 24.4. The third-order valence-electron chi connectivity index (χ3n) is 7.46. The number of nitrogens with zero attached hydrogens (tertiary/aromatic N) is 4. The smallest absolute Gasteiger partial charge is 0.251 e. The van der Waals surface area contributed by atoms with Crippen molar-refractivity contribution in [3.05, 3.63) is 76.4 Å². The minimum atomic E-state index is -0.964. The highest BCUT2D eigenvalue weighted by atomic mass is 32.1. The molecule has 4 aromatic rings. The maximum Gasteiger partial charge on any atom is 0.251 e. The molecular weight excluding hydrogens is 524 g/mol. The number of anilines is 1. The molecule has 0 bridgehead atoms. The van der Waals surface area contributed by atoms with Gasteiger partial charge in [-0.25, -0.2) is 9.97 Å². The van der Waals surface area contributed by atoms with Crippen LogP contribution in [0.2, 0.25) is 0 Å². The number of fused-ring (bicyclic) bond motifs is 2. The highest BCUT2D eigenvalue weighted by Gasteiger charge is 2.54. The molecule has 1 atom stereocenters. The van der Waals surface area contributed by atoms with Crippen LogP contribution in [0.3, 0.4) is 0 Å². The predicted molar refractivity (Wildman–Crippen MR) is 155 cm³/mol. The van der Waals surface area contributed by atoms with Crippen LogP contribution in [0, 0.1) is 12.3 Å². The number of hydrogen-bond donors (Lipinski definition) is 2. The quantitative estimate of drug-likeness (QED) is 0.314. The zero-order chi connectivity index (χ0) is 28.9. The van der Waals surface area contributed by atoms with Crippen molar-refractivity contribution < 1.29 is 14.3 Å². The second-order valence-electron chi connectivity index (χ2n) is 11.7. The molecule has 3 aromatic heterocycles. The lowest BCUT2D eigenvalue weighted by molar-refractivity contribution is -0.126. The standard InChI is InChI=1S/C30H32N6O3S/c1-17-8-13-20-24(32-17)39-25-21(30(20,7)29(5,6)26(38)34-27-36-31-16-40-27)14-15-22(33-25)18-9-11-19(12-10-18)23(37)35-28(2,3)4/h8-16H,1-7H3,(H,35,37)(H,34,36,38). The van der Waals surface area contributed by atoms with Gasteiger partial charge in [0.2, 0.25) is 22.8 Å². The Bertz CT molecular complexity index is 1590. The van der Waals surface area contributed by atoms with Gasteiger partial charge >= 0.3 is 0 Å². The Kier molecular flexibility index (Phi) is 6.70.